The Bertz CT molecular complexity index is 894. The van der Waals surface area contributed by atoms with E-state index < -0.39 is 41.7 Å². The number of aliphatic carboxylic acids is 1. The number of hydrogen-bond acceptors (Lipinski definition) is 9. The number of carbonyl (C=O) groups excluding carboxylic acids is 2. The van der Waals surface area contributed by atoms with E-state index in [4.69, 9.17) is 19.3 Å². The van der Waals surface area contributed by atoms with Crippen LogP contribution in [-0.2, 0) is 23.8 Å². The van der Waals surface area contributed by atoms with Crippen LogP contribution in [0.5, 0.6) is 0 Å². The Labute approximate surface area is 190 Å². The third-order valence-electron chi connectivity index (χ3n) is 4.80. The first-order chi connectivity index (χ1) is 15.5. The van der Waals surface area contributed by atoms with Crippen LogP contribution in [0.25, 0.3) is 0 Å². The third-order valence-corrected chi connectivity index (χ3v) is 4.80. The molecule has 184 valence electrons. The smallest absolute Gasteiger partial charge is 0.413 e. The van der Waals surface area contributed by atoms with E-state index in [1.165, 1.54) is 16.8 Å². The first-order valence-electron chi connectivity index (χ1n) is 10.7. The van der Waals surface area contributed by atoms with Gasteiger partial charge < -0.3 is 24.4 Å². The average molecular weight is 469 g/mol. The number of carbonyl (C=O) groups is 3. The van der Waals surface area contributed by atoms with Crippen LogP contribution in [0.1, 0.15) is 59.1 Å². The van der Waals surface area contributed by atoms with Gasteiger partial charge in [0.15, 0.2) is 0 Å². The number of aliphatic hydroxyl groups is 1. The molecule has 12 heteroatoms. The van der Waals surface area contributed by atoms with E-state index >= 15 is 0 Å². The highest BCUT2D eigenvalue weighted by Crippen LogP contribution is 2.32. The van der Waals surface area contributed by atoms with Crippen LogP contribution in [0.3, 0.4) is 0 Å². The fourth-order valence-electron chi connectivity index (χ4n) is 3.23. The Morgan fingerprint density at radius 1 is 1.27 bits per heavy atom. The van der Waals surface area contributed by atoms with Gasteiger partial charge in [0.25, 0.3) is 0 Å². The minimum Gasteiger partial charge on any atom is -0.481 e. The van der Waals surface area contributed by atoms with Crippen LogP contribution in [0.4, 0.5) is 10.6 Å². The van der Waals surface area contributed by atoms with Crippen molar-refractivity contribution >= 4 is 23.8 Å². The summed E-state index contributed by atoms with van der Waals surface area (Å²) < 4.78 is 17.4. The van der Waals surface area contributed by atoms with Crippen LogP contribution < -0.4 is 11.0 Å². The maximum Gasteiger partial charge on any atom is 0.413 e. The lowest BCUT2D eigenvalue weighted by Crippen LogP contribution is -2.31. The lowest BCUT2D eigenvalue weighted by Gasteiger charge is -2.19. The molecule has 0 bridgehead atoms. The molecule has 1 aliphatic rings. The molecule has 1 aromatic heterocycles. The van der Waals surface area contributed by atoms with Crippen molar-refractivity contribution in [1.29, 1.82) is 0 Å². The zero-order valence-electron chi connectivity index (χ0n) is 19.0. The number of anilines is 1. The number of ether oxygens (including phenoxy) is 3. The molecule has 1 aromatic rings. The van der Waals surface area contributed by atoms with Gasteiger partial charge in [0, 0.05) is 38.0 Å². The molecule has 3 N–H and O–H groups in total. The summed E-state index contributed by atoms with van der Waals surface area (Å²) in [4.78, 5) is 50.5. The third kappa shape index (κ3) is 8.81. The number of esters is 1. The van der Waals surface area contributed by atoms with Crippen molar-refractivity contribution in [3.8, 4) is 0 Å². The molecule has 0 radical (unpaired) electrons. The summed E-state index contributed by atoms with van der Waals surface area (Å²) in [6.07, 6.45) is 0.481. The summed E-state index contributed by atoms with van der Waals surface area (Å²) in [6.45, 7) is 4.80. The first kappa shape index (κ1) is 26.3. The molecule has 2 heterocycles. The lowest BCUT2D eigenvalue weighted by atomic mass is 10.0. The number of nitrogens with one attached hydrogen (secondary N) is 1. The van der Waals surface area contributed by atoms with Gasteiger partial charge >= 0.3 is 23.7 Å². The summed E-state index contributed by atoms with van der Waals surface area (Å²) >= 11 is 0. The summed E-state index contributed by atoms with van der Waals surface area (Å²) in [5.74, 6) is -1.74. The maximum absolute atomic E-state index is 12.4. The molecule has 1 unspecified atom stereocenters. The highest BCUT2D eigenvalue weighted by Gasteiger charge is 2.37. The highest BCUT2D eigenvalue weighted by molar-refractivity contribution is 5.83. The lowest BCUT2D eigenvalue weighted by molar-refractivity contribution is -0.150. The van der Waals surface area contributed by atoms with E-state index in [1.54, 1.807) is 20.8 Å². The molecule has 0 aromatic carbocycles. The number of aromatic nitrogens is 2. The van der Waals surface area contributed by atoms with Crippen molar-refractivity contribution in [2.75, 3.05) is 18.5 Å². The van der Waals surface area contributed by atoms with Crippen molar-refractivity contribution in [1.82, 2.24) is 9.55 Å². The minimum absolute atomic E-state index is 0.0118. The molecular weight excluding hydrogens is 438 g/mol. The van der Waals surface area contributed by atoms with Gasteiger partial charge in [-0.25, -0.2) is 9.59 Å². The van der Waals surface area contributed by atoms with E-state index in [1.807, 2.05) is 0 Å². The second-order valence-corrected chi connectivity index (χ2v) is 8.72. The van der Waals surface area contributed by atoms with E-state index in [0.717, 1.165) is 0 Å². The van der Waals surface area contributed by atoms with Gasteiger partial charge in [-0.15, -0.1) is 0 Å². The van der Waals surface area contributed by atoms with Crippen LogP contribution in [0.2, 0.25) is 0 Å². The van der Waals surface area contributed by atoms with Gasteiger partial charge in [0.05, 0.1) is 6.10 Å². The monoisotopic (exact) mass is 469 g/mol. The van der Waals surface area contributed by atoms with Gasteiger partial charge in [-0.1, -0.05) is 0 Å². The van der Waals surface area contributed by atoms with Crippen molar-refractivity contribution < 1.29 is 38.8 Å². The van der Waals surface area contributed by atoms with E-state index in [-0.39, 0.29) is 37.8 Å². The molecule has 3 atom stereocenters. The van der Waals surface area contributed by atoms with Crippen LogP contribution in [0.15, 0.2) is 17.1 Å². The number of nitrogens with zero attached hydrogens (tertiary/aromatic N) is 2. The Hall–Kier alpha value is -2.99. The molecular formula is C21H31N3O9. The maximum atomic E-state index is 12.4. The van der Waals surface area contributed by atoms with E-state index in [9.17, 15) is 24.3 Å². The number of aliphatic hydroxyl groups excluding tert-OH is 1. The normalized spacial score (nSPS) is 20.3. The molecule has 12 nitrogen and oxygen atoms in total. The number of carboxylic acid groups (broad SMARTS) is 1. The molecule has 33 heavy (non-hydrogen) atoms. The Balaban J connectivity index is 1.91. The van der Waals surface area contributed by atoms with Gasteiger partial charge in [-0.2, -0.15) is 4.98 Å². The predicted octanol–water partition coefficient (Wildman–Crippen LogP) is 1.67. The van der Waals surface area contributed by atoms with Crippen molar-refractivity contribution in [3.05, 3.63) is 22.7 Å². The molecule has 1 amide bonds. The number of unbranched alkanes of at least 4 members (excludes halogenated alkanes) is 1. The van der Waals surface area contributed by atoms with Crippen molar-refractivity contribution in [3.63, 3.8) is 0 Å². The second-order valence-electron chi connectivity index (χ2n) is 8.72. The van der Waals surface area contributed by atoms with E-state index in [0.29, 0.717) is 19.3 Å². The van der Waals surface area contributed by atoms with Crippen molar-refractivity contribution in [2.24, 2.45) is 5.92 Å². The zero-order chi connectivity index (χ0) is 24.6. The van der Waals surface area contributed by atoms with Gasteiger partial charge in [0.2, 0.25) is 0 Å². The topological polar surface area (TPSA) is 166 Å². The van der Waals surface area contributed by atoms with Crippen LogP contribution in [0, 0.1) is 5.92 Å². The number of carboxylic acids is 1. The van der Waals surface area contributed by atoms with Gasteiger partial charge in [-0.3, -0.25) is 19.5 Å². The quantitative estimate of drug-likeness (QED) is 0.339. The number of amides is 1. The SMILES string of the molecule is CC(C)(C)OC(=O)Nc1ccn([C@H]2C[C@H](CO)C(COC(=O)CCCCC(=O)O)O2)c(=O)n1. The summed E-state index contributed by atoms with van der Waals surface area (Å²) in [6, 6.07) is 1.42. The van der Waals surface area contributed by atoms with Gasteiger partial charge in [0.1, 0.15) is 24.3 Å². The zero-order valence-corrected chi connectivity index (χ0v) is 19.0. The largest absolute Gasteiger partial charge is 0.481 e. The van der Waals surface area contributed by atoms with Crippen molar-refractivity contribution in [2.45, 2.75) is 70.8 Å². The van der Waals surface area contributed by atoms with Crippen LogP contribution in [-0.4, -0.2) is 62.7 Å². The molecule has 1 aliphatic heterocycles. The standard InChI is InChI=1S/C21H31N3O9/c1-21(2,3)33-20(30)23-15-8-9-24(19(29)22-15)16-10-13(11-25)14(32-16)12-31-18(28)7-5-4-6-17(26)27/h8-9,13-14,16,25H,4-7,10-12H2,1-3H3,(H,26,27)(H,22,23,29,30)/t13-,14?,16-/m1/s1. The van der Waals surface area contributed by atoms with Crippen LogP contribution >= 0.6 is 0 Å². The second kappa shape index (κ2) is 11.8. The van der Waals surface area contributed by atoms with E-state index in [2.05, 4.69) is 10.3 Å². The molecule has 1 fully saturated rings. The predicted molar refractivity (Wildman–Crippen MR) is 115 cm³/mol. The molecule has 0 saturated carbocycles. The Morgan fingerprint density at radius 3 is 2.58 bits per heavy atom. The first-order valence-corrected chi connectivity index (χ1v) is 10.7. The fourth-order valence-corrected chi connectivity index (χ4v) is 3.23. The molecule has 0 aliphatic carbocycles. The number of rotatable bonds is 10. The summed E-state index contributed by atoms with van der Waals surface area (Å²) in [7, 11) is 0. The Kier molecular flexibility index (Phi) is 9.35. The molecule has 1 saturated heterocycles. The summed E-state index contributed by atoms with van der Waals surface area (Å²) in [5, 5.41) is 20.7. The highest BCUT2D eigenvalue weighted by atomic mass is 16.6. The number of hydrogen-bond donors (Lipinski definition) is 3. The fraction of sp³-hybridized carbons (Fsp3) is 0.667. The molecule has 2 rings (SSSR count). The molecule has 0 spiro atoms. The minimum atomic E-state index is -0.919. The summed E-state index contributed by atoms with van der Waals surface area (Å²) in [5.41, 5.74) is -1.37. The average Bonchev–Trinajstić information content (AvgIpc) is 3.11. The van der Waals surface area contributed by atoms with Gasteiger partial charge in [-0.05, 0) is 39.7 Å². The Morgan fingerprint density at radius 2 is 1.97 bits per heavy atom.